The van der Waals surface area contributed by atoms with Gasteiger partial charge in [-0.15, -0.1) is 0 Å². The largest absolute Gasteiger partial charge is 0.397 e. The zero-order valence-corrected chi connectivity index (χ0v) is 12.3. The maximum absolute atomic E-state index is 12.5. The van der Waals surface area contributed by atoms with Crippen LogP contribution >= 0.6 is 11.6 Å². The van der Waals surface area contributed by atoms with Crippen molar-refractivity contribution in [1.82, 2.24) is 4.90 Å². The molecule has 1 aliphatic rings. The Morgan fingerprint density at radius 3 is 2.95 bits per heavy atom. The quantitative estimate of drug-likeness (QED) is 0.523. The topological polar surface area (TPSA) is 98.7 Å². The number of amides is 1. The zero-order chi connectivity index (χ0) is 15.6. The standard InChI is InChI=1S/C13H16ClN3O4/c1-2-9-7-16(3-4-21-9)13(18)10-5-8(17(19)20)6-11(14)12(10)15/h5-6,9H,2-4,7,15H2,1H3. The van der Waals surface area contributed by atoms with Gasteiger partial charge in [0.25, 0.3) is 11.6 Å². The second kappa shape index (κ2) is 6.28. The molecule has 7 nitrogen and oxygen atoms in total. The number of halogens is 1. The van der Waals surface area contributed by atoms with Crippen LogP contribution in [0.4, 0.5) is 11.4 Å². The molecule has 114 valence electrons. The Labute approximate surface area is 126 Å². The van der Waals surface area contributed by atoms with Crippen molar-refractivity contribution in [2.24, 2.45) is 0 Å². The van der Waals surface area contributed by atoms with Crippen LogP contribution in [0.2, 0.25) is 5.02 Å². The molecule has 2 rings (SSSR count). The highest BCUT2D eigenvalue weighted by atomic mass is 35.5. The van der Waals surface area contributed by atoms with E-state index in [1.165, 1.54) is 6.07 Å². The van der Waals surface area contributed by atoms with Crippen LogP contribution in [-0.2, 0) is 4.74 Å². The van der Waals surface area contributed by atoms with Crippen molar-refractivity contribution in [3.8, 4) is 0 Å². The maximum Gasteiger partial charge on any atom is 0.271 e. The van der Waals surface area contributed by atoms with E-state index in [9.17, 15) is 14.9 Å². The minimum Gasteiger partial charge on any atom is -0.397 e. The van der Waals surface area contributed by atoms with Gasteiger partial charge in [-0.1, -0.05) is 18.5 Å². The number of nitro groups is 1. The summed E-state index contributed by atoms with van der Waals surface area (Å²) in [5.74, 6) is -0.361. The molecule has 1 atom stereocenters. The van der Waals surface area contributed by atoms with E-state index in [-0.39, 0.29) is 34.0 Å². The summed E-state index contributed by atoms with van der Waals surface area (Å²) in [4.78, 5) is 24.4. The first-order valence-corrected chi connectivity index (χ1v) is 6.96. The van der Waals surface area contributed by atoms with Gasteiger partial charge >= 0.3 is 0 Å². The summed E-state index contributed by atoms with van der Waals surface area (Å²) < 4.78 is 5.50. The number of nitrogens with zero attached hydrogens (tertiary/aromatic N) is 2. The molecule has 1 amide bonds. The Bertz CT molecular complexity index is 579. The van der Waals surface area contributed by atoms with Crippen LogP contribution in [0.5, 0.6) is 0 Å². The first-order valence-electron chi connectivity index (χ1n) is 6.58. The van der Waals surface area contributed by atoms with Crippen LogP contribution in [0.1, 0.15) is 23.7 Å². The Kier molecular flexibility index (Phi) is 4.64. The predicted octanol–water partition coefficient (Wildman–Crippen LogP) is 2.08. The minimum absolute atomic E-state index is 0.00727. The Morgan fingerprint density at radius 2 is 2.33 bits per heavy atom. The molecule has 1 aromatic rings. The monoisotopic (exact) mass is 313 g/mol. The Hall–Kier alpha value is -1.86. The lowest BCUT2D eigenvalue weighted by molar-refractivity contribution is -0.384. The van der Waals surface area contributed by atoms with Crippen LogP contribution in [0, 0.1) is 10.1 Å². The van der Waals surface area contributed by atoms with Gasteiger partial charge < -0.3 is 15.4 Å². The molecule has 1 saturated heterocycles. The van der Waals surface area contributed by atoms with Crippen molar-refractivity contribution in [2.75, 3.05) is 25.4 Å². The number of nitro benzene ring substituents is 1. The summed E-state index contributed by atoms with van der Waals surface area (Å²) in [7, 11) is 0. The number of non-ortho nitro benzene ring substituents is 1. The number of nitrogen functional groups attached to an aromatic ring is 1. The van der Waals surface area contributed by atoms with Gasteiger partial charge in [0.2, 0.25) is 0 Å². The number of ether oxygens (including phenoxy) is 1. The zero-order valence-electron chi connectivity index (χ0n) is 11.5. The number of carbonyl (C=O) groups is 1. The van der Waals surface area contributed by atoms with Gasteiger partial charge in [0.1, 0.15) is 0 Å². The highest BCUT2D eigenvalue weighted by molar-refractivity contribution is 6.34. The molecule has 0 aromatic heterocycles. The molecular weight excluding hydrogens is 298 g/mol. The molecule has 0 saturated carbocycles. The predicted molar refractivity (Wildman–Crippen MR) is 78.5 cm³/mol. The third-order valence-electron chi connectivity index (χ3n) is 3.44. The summed E-state index contributed by atoms with van der Waals surface area (Å²) in [6.07, 6.45) is 0.757. The fourth-order valence-electron chi connectivity index (χ4n) is 2.21. The molecule has 8 heteroatoms. The number of morpholine rings is 1. The fraction of sp³-hybridized carbons (Fsp3) is 0.462. The smallest absolute Gasteiger partial charge is 0.271 e. The van der Waals surface area contributed by atoms with Crippen LogP contribution in [0.3, 0.4) is 0 Å². The van der Waals surface area contributed by atoms with E-state index in [1.54, 1.807) is 4.90 Å². The average molecular weight is 314 g/mol. The molecule has 1 aliphatic heterocycles. The highest BCUT2D eigenvalue weighted by Gasteiger charge is 2.27. The van der Waals surface area contributed by atoms with Crippen LogP contribution in [-0.4, -0.2) is 41.5 Å². The van der Waals surface area contributed by atoms with Crippen molar-refractivity contribution in [3.05, 3.63) is 32.8 Å². The van der Waals surface area contributed by atoms with E-state index < -0.39 is 4.92 Å². The van der Waals surface area contributed by atoms with Crippen LogP contribution in [0.15, 0.2) is 12.1 Å². The molecular formula is C13H16ClN3O4. The number of hydrogen-bond donors (Lipinski definition) is 1. The lowest BCUT2D eigenvalue weighted by atomic mass is 10.1. The molecule has 1 unspecified atom stereocenters. The van der Waals surface area contributed by atoms with Gasteiger partial charge in [-0.2, -0.15) is 0 Å². The van der Waals surface area contributed by atoms with E-state index in [4.69, 9.17) is 22.1 Å². The maximum atomic E-state index is 12.5. The van der Waals surface area contributed by atoms with E-state index in [1.807, 2.05) is 6.92 Å². The van der Waals surface area contributed by atoms with Crippen molar-refractivity contribution in [3.63, 3.8) is 0 Å². The summed E-state index contributed by atoms with van der Waals surface area (Å²) in [5.41, 5.74) is 5.66. The lowest BCUT2D eigenvalue weighted by Gasteiger charge is -2.32. The summed E-state index contributed by atoms with van der Waals surface area (Å²) in [5, 5.41) is 10.9. The van der Waals surface area contributed by atoms with Crippen molar-refractivity contribution < 1.29 is 14.5 Å². The number of hydrogen-bond acceptors (Lipinski definition) is 5. The molecule has 1 aromatic carbocycles. The third kappa shape index (κ3) is 3.25. The van der Waals surface area contributed by atoms with Gasteiger partial charge in [-0.3, -0.25) is 14.9 Å². The van der Waals surface area contributed by atoms with Gasteiger partial charge in [0.15, 0.2) is 0 Å². The number of rotatable bonds is 3. The molecule has 0 bridgehead atoms. The summed E-state index contributed by atoms with van der Waals surface area (Å²) >= 11 is 5.88. The van der Waals surface area contributed by atoms with Crippen molar-refractivity contribution in [2.45, 2.75) is 19.4 Å². The van der Waals surface area contributed by atoms with Crippen molar-refractivity contribution >= 4 is 28.9 Å². The second-order valence-corrected chi connectivity index (χ2v) is 5.21. The van der Waals surface area contributed by atoms with E-state index in [0.29, 0.717) is 19.7 Å². The fourth-order valence-corrected chi connectivity index (χ4v) is 2.42. The van der Waals surface area contributed by atoms with E-state index >= 15 is 0 Å². The lowest BCUT2D eigenvalue weighted by Crippen LogP contribution is -2.45. The SMILES string of the molecule is CCC1CN(C(=O)c2cc([N+](=O)[O-])cc(Cl)c2N)CCO1. The summed E-state index contributed by atoms with van der Waals surface area (Å²) in [6, 6.07) is 2.31. The molecule has 0 aliphatic carbocycles. The first-order chi connectivity index (χ1) is 9.93. The van der Waals surface area contributed by atoms with Gasteiger partial charge in [0.05, 0.1) is 33.9 Å². The van der Waals surface area contributed by atoms with E-state index in [0.717, 1.165) is 12.5 Å². The number of benzene rings is 1. The number of carbonyl (C=O) groups excluding carboxylic acids is 1. The minimum atomic E-state index is -0.601. The van der Waals surface area contributed by atoms with Crippen LogP contribution in [0.25, 0.3) is 0 Å². The Morgan fingerprint density at radius 1 is 1.62 bits per heavy atom. The molecule has 1 heterocycles. The molecule has 21 heavy (non-hydrogen) atoms. The molecule has 0 spiro atoms. The van der Waals surface area contributed by atoms with Gasteiger partial charge in [-0.25, -0.2) is 0 Å². The molecule has 2 N–H and O–H groups in total. The van der Waals surface area contributed by atoms with Gasteiger partial charge in [0, 0.05) is 25.2 Å². The molecule has 1 fully saturated rings. The van der Waals surface area contributed by atoms with Gasteiger partial charge in [-0.05, 0) is 6.42 Å². The normalized spacial score (nSPS) is 18.6. The first kappa shape index (κ1) is 15.5. The van der Waals surface area contributed by atoms with Crippen LogP contribution < -0.4 is 5.73 Å². The van der Waals surface area contributed by atoms with E-state index in [2.05, 4.69) is 0 Å². The summed E-state index contributed by atoms with van der Waals surface area (Å²) in [6.45, 7) is 3.27. The number of nitrogens with two attached hydrogens (primary N) is 1. The third-order valence-corrected chi connectivity index (χ3v) is 3.75. The molecule has 0 radical (unpaired) electrons. The second-order valence-electron chi connectivity index (χ2n) is 4.80. The van der Waals surface area contributed by atoms with Crippen molar-refractivity contribution in [1.29, 1.82) is 0 Å². The number of anilines is 1. The highest BCUT2D eigenvalue weighted by Crippen LogP contribution is 2.30. The Balaban J connectivity index is 2.32. The average Bonchev–Trinajstić information content (AvgIpc) is 2.49.